The summed E-state index contributed by atoms with van der Waals surface area (Å²) in [4.78, 5) is 0. The van der Waals surface area contributed by atoms with Gasteiger partial charge in [0, 0.05) is 0 Å². The minimum absolute atomic E-state index is 0.0545. The van der Waals surface area contributed by atoms with Gasteiger partial charge in [-0.1, -0.05) is 113 Å². The van der Waals surface area contributed by atoms with Gasteiger partial charge in [-0.2, -0.15) is 0 Å². The van der Waals surface area contributed by atoms with Crippen LogP contribution in [0.3, 0.4) is 0 Å². The normalized spacial score (nSPS) is 12.3. The third kappa shape index (κ3) is 9.95. The molecule has 0 aliphatic rings. The van der Waals surface area contributed by atoms with Crippen LogP contribution in [0.2, 0.25) is 0 Å². The fourth-order valence-corrected chi connectivity index (χ4v) is 3.69. The standard InChI is InChI=1S/C35H48O2/c1-32(2,3)27-19-26(20-28(21-27)33(4,5)6)25-36-17-15-13-14-16-18-37-31-23-29(34(7,8)9)22-30(24-31)35(10,11)12/h19-24H,17-18,25H2,1-12H3. The van der Waals surface area contributed by atoms with E-state index in [1.165, 1.54) is 27.8 Å². The molecule has 2 rings (SSSR count). The van der Waals surface area contributed by atoms with Crippen molar-refractivity contribution in [2.45, 2.75) is 111 Å². The van der Waals surface area contributed by atoms with Gasteiger partial charge in [0.15, 0.2) is 0 Å². The molecule has 0 bridgehead atoms. The van der Waals surface area contributed by atoms with Crippen LogP contribution in [0.15, 0.2) is 36.4 Å². The van der Waals surface area contributed by atoms with Crippen molar-refractivity contribution in [3.05, 3.63) is 64.2 Å². The van der Waals surface area contributed by atoms with Crippen molar-refractivity contribution in [1.29, 1.82) is 0 Å². The maximum Gasteiger partial charge on any atom is 0.150 e. The maximum absolute atomic E-state index is 5.97. The van der Waals surface area contributed by atoms with Gasteiger partial charge >= 0.3 is 0 Å². The summed E-state index contributed by atoms with van der Waals surface area (Å²) in [6, 6.07) is 13.4. The van der Waals surface area contributed by atoms with E-state index in [1.54, 1.807) is 0 Å². The lowest BCUT2D eigenvalue weighted by Crippen LogP contribution is -2.17. The lowest BCUT2D eigenvalue weighted by Gasteiger charge is -2.26. The summed E-state index contributed by atoms with van der Waals surface area (Å²) < 4.78 is 11.8. The fraction of sp³-hybridized carbons (Fsp3) is 0.543. The van der Waals surface area contributed by atoms with Crippen molar-refractivity contribution in [3.8, 4) is 29.4 Å². The van der Waals surface area contributed by atoms with E-state index in [2.05, 4.69) is 143 Å². The van der Waals surface area contributed by atoms with E-state index in [9.17, 15) is 0 Å². The molecule has 0 fully saturated rings. The third-order valence-electron chi connectivity index (χ3n) is 6.36. The highest BCUT2D eigenvalue weighted by atomic mass is 16.5. The average molecular weight is 501 g/mol. The molecule has 2 aromatic carbocycles. The average Bonchev–Trinajstić information content (AvgIpc) is 2.75. The monoisotopic (exact) mass is 500 g/mol. The van der Waals surface area contributed by atoms with Crippen molar-refractivity contribution < 1.29 is 9.47 Å². The first-order chi connectivity index (χ1) is 16.9. The molecule has 0 spiro atoms. The molecule has 0 unspecified atom stereocenters. The summed E-state index contributed by atoms with van der Waals surface area (Å²) in [5.74, 6) is 12.6. The highest BCUT2D eigenvalue weighted by Crippen LogP contribution is 2.33. The summed E-state index contributed by atoms with van der Waals surface area (Å²) in [7, 11) is 0. The second kappa shape index (κ2) is 11.8. The van der Waals surface area contributed by atoms with Gasteiger partial charge in [-0.05, 0) is 79.4 Å². The number of ether oxygens (including phenoxy) is 2. The molecular weight excluding hydrogens is 452 g/mol. The van der Waals surface area contributed by atoms with E-state index in [4.69, 9.17) is 9.47 Å². The molecule has 0 saturated carbocycles. The van der Waals surface area contributed by atoms with Crippen LogP contribution in [0.4, 0.5) is 0 Å². The zero-order chi connectivity index (χ0) is 28.1. The van der Waals surface area contributed by atoms with Crippen LogP contribution >= 0.6 is 0 Å². The van der Waals surface area contributed by atoms with Gasteiger partial charge in [0.2, 0.25) is 0 Å². The van der Waals surface area contributed by atoms with Crippen molar-refractivity contribution in [3.63, 3.8) is 0 Å². The van der Waals surface area contributed by atoms with Gasteiger partial charge in [0.25, 0.3) is 0 Å². The topological polar surface area (TPSA) is 18.5 Å². The molecule has 200 valence electrons. The molecular formula is C35H48O2. The van der Waals surface area contributed by atoms with E-state index in [0.717, 1.165) is 5.75 Å². The predicted molar refractivity (Wildman–Crippen MR) is 158 cm³/mol. The van der Waals surface area contributed by atoms with Crippen LogP contribution in [0.25, 0.3) is 0 Å². The Morgan fingerprint density at radius 1 is 0.514 bits per heavy atom. The summed E-state index contributed by atoms with van der Waals surface area (Å²) in [6.45, 7) is 28.0. The molecule has 37 heavy (non-hydrogen) atoms. The second-order valence-corrected chi connectivity index (χ2v) is 14.0. The molecule has 0 aliphatic heterocycles. The van der Waals surface area contributed by atoms with Crippen molar-refractivity contribution in [2.75, 3.05) is 13.2 Å². The van der Waals surface area contributed by atoms with Crippen molar-refractivity contribution in [2.24, 2.45) is 0 Å². The summed E-state index contributed by atoms with van der Waals surface area (Å²) in [6.07, 6.45) is 0. The fourth-order valence-electron chi connectivity index (χ4n) is 3.69. The van der Waals surface area contributed by atoms with E-state index >= 15 is 0 Å². The van der Waals surface area contributed by atoms with Crippen molar-refractivity contribution >= 4 is 0 Å². The summed E-state index contributed by atoms with van der Waals surface area (Å²) in [5.41, 5.74) is 6.68. The Bertz CT molecular complexity index is 1120. The summed E-state index contributed by atoms with van der Waals surface area (Å²) in [5, 5.41) is 0. The van der Waals surface area contributed by atoms with Gasteiger partial charge in [-0.25, -0.2) is 0 Å². The Kier molecular flexibility index (Phi) is 9.74. The SMILES string of the molecule is CC(C)(C)c1cc(COCC#CC#CCOc2cc(C(C)(C)C)cc(C(C)(C)C)c2)cc(C(C)(C)C)c1. The predicted octanol–water partition coefficient (Wildman–Crippen LogP) is 8.48. The Balaban J connectivity index is 1.96. The minimum atomic E-state index is 0.0545. The Morgan fingerprint density at radius 3 is 1.30 bits per heavy atom. The molecule has 2 aromatic rings. The number of hydrogen-bond donors (Lipinski definition) is 0. The molecule has 0 amide bonds. The first-order valence-electron chi connectivity index (χ1n) is 13.3. The van der Waals surface area contributed by atoms with Crippen LogP contribution in [0.1, 0.15) is 111 Å². The zero-order valence-corrected chi connectivity index (χ0v) is 25.4. The number of benzene rings is 2. The molecule has 0 atom stereocenters. The van der Waals surface area contributed by atoms with E-state index in [-0.39, 0.29) is 21.7 Å². The first kappa shape index (κ1) is 30.5. The molecule has 0 N–H and O–H groups in total. The van der Waals surface area contributed by atoms with E-state index < -0.39 is 0 Å². The molecule has 0 aliphatic carbocycles. The minimum Gasteiger partial charge on any atom is -0.481 e. The third-order valence-corrected chi connectivity index (χ3v) is 6.36. The van der Waals surface area contributed by atoms with Crippen molar-refractivity contribution in [1.82, 2.24) is 0 Å². The molecule has 2 heteroatoms. The largest absolute Gasteiger partial charge is 0.481 e. The number of hydrogen-bond acceptors (Lipinski definition) is 2. The Hall–Kier alpha value is -2.68. The van der Waals surface area contributed by atoms with Gasteiger partial charge in [0.05, 0.1) is 6.61 Å². The van der Waals surface area contributed by atoms with Crippen LogP contribution in [0, 0.1) is 23.7 Å². The summed E-state index contributed by atoms with van der Waals surface area (Å²) >= 11 is 0. The highest BCUT2D eigenvalue weighted by molar-refractivity contribution is 5.41. The van der Waals surface area contributed by atoms with Gasteiger partial charge in [-0.3, -0.25) is 0 Å². The quantitative estimate of drug-likeness (QED) is 0.303. The highest BCUT2D eigenvalue weighted by Gasteiger charge is 2.22. The van der Waals surface area contributed by atoms with Crippen LogP contribution in [-0.4, -0.2) is 13.2 Å². The number of rotatable bonds is 5. The molecule has 0 radical (unpaired) electrons. The Labute approximate surface area is 227 Å². The Morgan fingerprint density at radius 2 is 0.892 bits per heavy atom. The van der Waals surface area contributed by atoms with E-state index in [0.29, 0.717) is 19.8 Å². The van der Waals surface area contributed by atoms with E-state index in [1.807, 2.05) is 0 Å². The molecule has 0 aromatic heterocycles. The van der Waals surface area contributed by atoms with Crippen LogP contribution < -0.4 is 4.74 Å². The smallest absolute Gasteiger partial charge is 0.150 e. The lowest BCUT2D eigenvalue weighted by atomic mass is 9.79. The van der Waals surface area contributed by atoms with Crippen LogP contribution in [-0.2, 0) is 33.0 Å². The maximum atomic E-state index is 5.97. The zero-order valence-electron chi connectivity index (χ0n) is 25.4. The van der Waals surface area contributed by atoms with Gasteiger partial charge in [0.1, 0.15) is 19.0 Å². The molecule has 2 nitrogen and oxygen atoms in total. The molecule has 0 saturated heterocycles. The van der Waals surface area contributed by atoms with Gasteiger partial charge < -0.3 is 9.47 Å². The first-order valence-corrected chi connectivity index (χ1v) is 13.3. The van der Waals surface area contributed by atoms with Crippen LogP contribution in [0.5, 0.6) is 5.75 Å². The molecule has 0 heterocycles. The lowest BCUT2D eigenvalue weighted by molar-refractivity contribution is 0.153. The van der Waals surface area contributed by atoms with Gasteiger partial charge in [-0.15, -0.1) is 0 Å². The second-order valence-electron chi connectivity index (χ2n) is 14.0.